The summed E-state index contributed by atoms with van der Waals surface area (Å²) in [4.78, 5) is 17.1. The second kappa shape index (κ2) is 8.59. The number of nitrogens with zero attached hydrogens (tertiary/aromatic N) is 1. The van der Waals surface area contributed by atoms with E-state index in [0.29, 0.717) is 30.1 Å². The van der Waals surface area contributed by atoms with Gasteiger partial charge in [-0.3, -0.25) is 4.79 Å². The van der Waals surface area contributed by atoms with Gasteiger partial charge in [0.25, 0.3) is 0 Å². The summed E-state index contributed by atoms with van der Waals surface area (Å²) < 4.78 is 38.3. The van der Waals surface area contributed by atoms with Crippen molar-refractivity contribution in [2.24, 2.45) is 11.7 Å². The lowest BCUT2D eigenvalue weighted by Crippen LogP contribution is -2.31. The van der Waals surface area contributed by atoms with Gasteiger partial charge >= 0.3 is 6.18 Å². The van der Waals surface area contributed by atoms with Crippen molar-refractivity contribution in [1.29, 1.82) is 0 Å². The number of nitrogens with one attached hydrogen (secondary N) is 2. The first-order chi connectivity index (χ1) is 15.1. The van der Waals surface area contributed by atoms with Crippen LogP contribution in [0, 0.1) is 5.92 Å². The molecule has 0 bridgehead atoms. The summed E-state index contributed by atoms with van der Waals surface area (Å²) in [7, 11) is 0. The Bertz CT molecular complexity index is 1110. The highest BCUT2D eigenvalue weighted by atomic mass is 32.1. The van der Waals surface area contributed by atoms with Crippen LogP contribution in [0.25, 0.3) is 5.57 Å². The fraction of sp³-hybridized carbons (Fsp3) is 0.364. The number of nitrogens with two attached hydrogens (primary N) is 1. The Labute approximate surface area is 187 Å². The molecule has 170 valence electrons. The molecule has 1 aromatic carbocycles. The number of aromatic hydroxyl groups is 1. The van der Waals surface area contributed by atoms with E-state index in [1.807, 2.05) is 0 Å². The smallest absolute Gasteiger partial charge is 0.419 e. The highest BCUT2D eigenvalue weighted by molar-refractivity contribution is 7.16. The normalized spacial score (nSPS) is 19.5. The topological polar surface area (TPSA) is 100 Å². The van der Waals surface area contributed by atoms with Gasteiger partial charge in [-0.25, -0.2) is 4.98 Å². The van der Waals surface area contributed by atoms with Crippen molar-refractivity contribution in [3.63, 3.8) is 0 Å². The lowest BCUT2D eigenvalue weighted by Gasteiger charge is -2.20. The van der Waals surface area contributed by atoms with Crippen LogP contribution in [0.1, 0.15) is 35.8 Å². The summed E-state index contributed by atoms with van der Waals surface area (Å²) in [5.74, 6) is -0.531. The summed E-state index contributed by atoms with van der Waals surface area (Å²) in [6.07, 6.45) is 0.785. The third-order valence-corrected chi connectivity index (χ3v) is 6.57. The number of hydrogen-bond donors (Lipinski definition) is 4. The number of phenolic OH excluding ortho intramolecular Hbond substituents is 1. The predicted molar refractivity (Wildman–Crippen MR) is 117 cm³/mol. The summed E-state index contributed by atoms with van der Waals surface area (Å²) in [5, 5.41) is 16.5. The largest absolute Gasteiger partial charge is 0.507 e. The van der Waals surface area contributed by atoms with E-state index < -0.39 is 17.5 Å². The van der Waals surface area contributed by atoms with Crippen molar-refractivity contribution >= 4 is 27.9 Å². The van der Waals surface area contributed by atoms with Crippen LogP contribution >= 0.6 is 11.3 Å². The number of hydrogen-bond acceptors (Lipinski definition) is 6. The quantitative estimate of drug-likeness (QED) is 0.517. The zero-order valence-electron chi connectivity index (χ0n) is 17.3. The molecule has 2 aliphatic rings. The molecule has 0 spiro atoms. The van der Waals surface area contributed by atoms with E-state index in [-0.39, 0.29) is 17.9 Å². The number of carbonyl (C=O) groups is 1. The molecule has 10 heteroatoms. The summed E-state index contributed by atoms with van der Waals surface area (Å²) in [5.41, 5.74) is 8.78. The fourth-order valence-electron chi connectivity index (χ4n) is 4.03. The van der Waals surface area contributed by atoms with Crippen LogP contribution < -0.4 is 16.4 Å². The minimum atomic E-state index is -4.59. The molecule has 5 N–H and O–H groups in total. The van der Waals surface area contributed by atoms with E-state index in [1.54, 1.807) is 6.20 Å². The van der Waals surface area contributed by atoms with Crippen LogP contribution in [-0.4, -0.2) is 28.6 Å². The zero-order chi connectivity index (χ0) is 23.0. The first kappa shape index (κ1) is 22.3. The first-order valence-electron chi connectivity index (χ1n) is 10.2. The van der Waals surface area contributed by atoms with E-state index in [9.17, 15) is 23.1 Å². The highest BCUT2D eigenvalue weighted by Gasteiger charge is 2.33. The van der Waals surface area contributed by atoms with Gasteiger partial charge in [-0.05, 0) is 41.7 Å². The molecular weight excluding hydrogens is 441 g/mol. The number of alkyl halides is 3. The molecule has 4 rings (SSSR count). The Balaban J connectivity index is 1.35. The maximum absolute atomic E-state index is 12.8. The molecular formula is C22H23F3N4O2S. The Morgan fingerprint density at radius 3 is 2.91 bits per heavy atom. The Hall–Kier alpha value is -2.85. The Kier molecular flexibility index (Phi) is 6.00. The van der Waals surface area contributed by atoms with E-state index in [2.05, 4.69) is 28.6 Å². The number of amides is 1. The standard InChI is InChI=1S/C22H23F3N4O2S/c1-11-4-13(7-14-8-19(31)29-20(11)14)18-10-28-21(32-18)27-9-15(26)5-12-2-3-16(17(30)6-12)22(23,24)25/h2-3,6-7,10-11,15,30H,4-5,8-9,26H2,1H3,(H,27,28)(H,29,31)/t11?,15-/m0/s1. The number of benzene rings is 1. The number of allylic oxidation sites excluding steroid dienone is 3. The SMILES string of the molecule is CC1CC(c2cnc(NC[C@@H](N)Cc3ccc(C(F)(F)F)c(O)c3)s2)=CC2=C1NC(=O)C2. The zero-order valence-corrected chi connectivity index (χ0v) is 18.1. The van der Waals surface area contributed by atoms with E-state index in [0.717, 1.165) is 40.3 Å². The lowest BCUT2D eigenvalue weighted by atomic mass is 9.88. The Morgan fingerprint density at radius 1 is 1.41 bits per heavy atom. The number of phenols is 1. The van der Waals surface area contributed by atoms with Gasteiger partial charge in [0.15, 0.2) is 5.13 Å². The van der Waals surface area contributed by atoms with Gasteiger partial charge in [0.2, 0.25) is 5.91 Å². The Morgan fingerprint density at radius 2 is 2.19 bits per heavy atom. The fourth-order valence-corrected chi connectivity index (χ4v) is 4.87. The highest BCUT2D eigenvalue weighted by Crippen LogP contribution is 2.39. The van der Waals surface area contributed by atoms with Crippen LogP contribution in [0.15, 0.2) is 41.7 Å². The molecule has 6 nitrogen and oxygen atoms in total. The number of thiazole rings is 1. The second-order valence-electron chi connectivity index (χ2n) is 8.16. The summed E-state index contributed by atoms with van der Waals surface area (Å²) in [6.45, 7) is 2.46. The van der Waals surface area contributed by atoms with Crippen molar-refractivity contribution in [1.82, 2.24) is 10.3 Å². The van der Waals surface area contributed by atoms with Gasteiger partial charge < -0.3 is 21.5 Å². The maximum Gasteiger partial charge on any atom is 0.419 e. The van der Waals surface area contributed by atoms with Crippen LogP contribution in [0.2, 0.25) is 0 Å². The van der Waals surface area contributed by atoms with Crippen LogP contribution in [-0.2, 0) is 17.4 Å². The lowest BCUT2D eigenvalue weighted by molar-refractivity contribution is -0.138. The second-order valence-corrected chi connectivity index (χ2v) is 9.19. The average molecular weight is 465 g/mol. The number of rotatable bonds is 6. The van der Waals surface area contributed by atoms with E-state index in [1.165, 1.54) is 17.4 Å². The number of carbonyl (C=O) groups excluding carboxylic acids is 1. The van der Waals surface area contributed by atoms with E-state index >= 15 is 0 Å². The maximum atomic E-state index is 12.8. The van der Waals surface area contributed by atoms with Crippen LogP contribution in [0.3, 0.4) is 0 Å². The molecule has 2 aromatic rings. The minimum Gasteiger partial charge on any atom is -0.507 e. The molecule has 2 atom stereocenters. The summed E-state index contributed by atoms with van der Waals surface area (Å²) in [6, 6.07) is 2.92. The molecule has 1 unspecified atom stereocenters. The molecule has 32 heavy (non-hydrogen) atoms. The van der Waals surface area contributed by atoms with Crippen molar-refractivity contribution in [3.05, 3.63) is 57.7 Å². The van der Waals surface area contributed by atoms with E-state index in [4.69, 9.17) is 5.73 Å². The molecule has 1 aliphatic heterocycles. The van der Waals surface area contributed by atoms with Gasteiger partial charge in [-0.15, -0.1) is 0 Å². The number of aromatic nitrogens is 1. The van der Waals surface area contributed by atoms with Gasteiger partial charge in [-0.2, -0.15) is 13.2 Å². The molecule has 0 saturated carbocycles. The summed E-state index contributed by atoms with van der Waals surface area (Å²) >= 11 is 1.49. The number of anilines is 1. The van der Waals surface area contributed by atoms with Crippen LogP contribution in [0.4, 0.5) is 18.3 Å². The van der Waals surface area contributed by atoms with Crippen LogP contribution in [0.5, 0.6) is 5.75 Å². The number of halogens is 3. The van der Waals surface area contributed by atoms with Crippen molar-refractivity contribution in [3.8, 4) is 5.75 Å². The third kappa shape index (κ3) is 4.81. The van der Waals surface area contributed by atoms with Crippen molar-refractivity contribution < 1.29 is 23.1 Å². The average Bonchev–Trinajstić information content (AvgIpc) is 3.31. The van der Waals surface area contributed by atoms with Gasteiger partial charge in [0.05, 0.1) is 16.9 Å². The minimum absolute atomic E-state index is 0.0290. The predicted octanol–water partition coefficient (Wildman–Crippen LogP) is 4.05. The monoisotopic (exact) mass is 464 g/mol. The third-order valence-electron chi connectivity index (χ3n) is 5.54. The first-order valence-corrected chi connectivity index (χ1v) is 11.0. The van der Waals surface area contributed by atoms with Gasteiger partial charge in [-0.1, -0.05) is 30.4 Å². The van der Waals surface area contributed by atoms with Gasteiger partial charge in [0.1, 0.15) is 5.75 Å². The molecule has 0 fully saturated rings. The molecule has 0 saturated heterocycles. The molecule has 1 aliphatic carbocycles. The van der Waals surface area contributed by atoms with Crippen molar-refractivity contribution in [2.75, 3.05) is 11.9 Å². The molecule has 1 aromatic heterocycles. The molecule has 0 radical (unpaired) electrons. The van der Waals surface area contributed by atoms with Gasteiger partial charge in [0, 0.05) is 30.4 Å². The molecule has 2 heterocycles. The van der Waals surface area contributed by atoms with Crippen molar-refractivity contribution in [2.45, 2.75) is 38.4 Å². The molecule has 1 amide bonds.